The van der Waals surface area contributed by atoms with Crippen LogP contribution in [0.1, 0.15) is 23.1 Å². The highest BCUT2D eigenvalue weighted by atomic mass is 15.0. The molecular formula is C18H20N2. The quantitative estimate of drug-likeness (QED) is 0.827. The van der Waals surface area contributed by atoms with Crippen molar-refractivity contribution in [2.45, 2.75) is 37.9 Å². The topological polar surface area (TPSA) is 24.1 Å². The lowest BCUT2D eigenvalue weighted by atomic mass is 9.87. The molecule has 20 heavy (non-hydrogen) atoms. The van der Waals surface area contributed by atoms with E-state index in [0.29, 0.717) is 12.1 Å². The van der Waals surface area contributed by atoms with Crippen LogP contribution in [-0.4, -0.2) is 12.1 Å². The van der Waals surface area contributed by atoms with Gasteiger partial charge in [-0.2, -0.15) is 0 Å². The summed E-state index contributed by atoms with van der Waals surface area (Å²) in [5.41, 5.74) is 5.75. The zero-order chi connectivity index (χ0) is 13.4. The van der Waals surface area contributed by atoms with Crippen molar-refractivity contribution in [2.75, 3.05) is 5.32 Å². The number of hydrogen-bond acceptors (Lipinski definition) is 2. The van der Waals surface area contributed by atoms with Gasteiger partial charge < -0.3 is 10.6 Å². The molecule has 0 saturated heterocycles. The lowest BCUT2D eigenvalue weighted by molar-refractivity contribution is 0.402. The highest BCUT2D eigenvalue weighted by Gasteiger charge is 2.28. The predicted molar refractivity (Wildman–Crippen MR) is 82.9 cm³/mol. The van der Waals surface area contributed by atoms with Crippen molar-refractivity contribution in [1.82, 2.24) is 5.32 Å². The molecule has 2 aliphatic rings. The number of aryl methyl sites for hydroxylation is 1. The minimum Gasteiger partial charge on any atom is -0.380 e. The summed E-state index contributed by atoms with van der Waals surface area (Å²) in [5.74, 6) is 0. The normalized spacial score (nSPS) is 24.4. The molecule has 0 fully saturated rings. The number of para-hydroxylation sites is 1. The summed E-state index contributed by atoms with van der Waals surface area (Å²) >= 11 is 0. The van der Waals surface area contributed by atoms with E-state index in [2.05, 4.69) is 59.2 Å². The van der Waals surface area contributed by atoms with Crippen LogP contribution >= 0.6 is 0 Å². The summed E-state index contributed by atoms with van der Waals surface area (Å²) in [4.78, 5) is 0. The zero-order valence-corrected chi connectivity index (χ0v) is 11.6. The maximum absolute atomic E-state index is 3.73. The minimum atomic E-state index is 0.540. The van der Waals surface area contributed by atoms with Crippen LogP contribution in [0.25, 0.3) is 0 Å². The van der Waals surface area contributed by atoms with Crippen LogP contribution in [0.4, 0.5) is 5.69 Å². The Bertz CT molecular complexity index is 565. The second-order valence-electron chi connectivity index (χ2n) is 5.91. The van der Waals surface area contributed by atoms with Gasteiger partial charge in [-0.3, -0.25) is 0 Å². The van der Waals surface area contributed by atoms with Crippen molar-refractivity contribution < 1.29 is 0 Å². The summed E-state index contributed by atoms with van der Waals surface area (Å²) in [5, 5.41) is 7.45. The first-order valence-electron chi connectivity index (χ1n) is 7.55. The number of hydrogen-bond donors (Lipinski definition) is 2. The molecule has 2 heterocycles. The largest absolute Gasteiger partial charge is 0.380 e. The van der Waals surface area contributed by atoms with E-state index in [-0.39, 0.29) is 0 Å². The Balaban J connectivity index is 1.53. The van der Waals surface area contributed by atoms with Gasteiger partial charge in [-0.25, -0.2) is 0 Å². The summed E-state index contributed by atoms with van der Waals surface area (Å²) in [7, 11) is 0. The van der Waals surface area contributed by atoms with E-state index in [1.165, 1.54) is 35.2 Å². The van der Waals surface area contributed by atoms with E-state index in [9.17, 15) is 0 Å². The van der Waals surface area contributed by atoms with Gasteiger partial charge in [0.25, 0.3) is 0 Å². The fraction of sp³-hybridized carbons (Fsp3) is 0.333. The fourth-order valence-electron chi connectivity index (χ4n) is 3.53. The Morgan fingerprint density at radius 3 is 2.45 bits per heavy atom. The average Bonchev–Trinajstić information content (AvgIpc) is 2.54. The average molecular weight is 264 g/mol. The molecule has 0 aromatic heterocycles. The van der Waals surface area contributed by atoms with Crippen molar-refractivity contribution in [1.29, 1.82) is 0 Å². The third kappa shape index (κ3) is 2.10. The summed E-state index contributed by atoms with van der Waals surface area (Å²) in [6, 6.07) is 18.6. The molecule has 0 amide bonds. The van der Waals surface area contributed by atoms with Crippen molar-refractivity contribution in [2.24, 2.45) is 0 Å². The maximum Gasteiger partial charge on any atom is 0.0421 e. The monoisotopic (exact) mass is 264 g/mol. The second-order valence-corrected chi connectivity index (χ2v) is 5.91. The van der Waals surface area contributed by atoms with Crippen molar-refractivity contribution >= 4 is 5.69 Å². The van der Waals surface area contributed by atoms with Gasteiger partial charge in [-0.1, -0.05) is 42.5 Å². The molecule has 0 aliphatic carbocycles. The van der Waals surface area contributed by atoms with Gasteiger partial charge in [0.05, 0.1) is 0 Å². The molecular weight excluding hydrogens is 244 g/mol. The number of benzene rings is 2. The van der Waals surface area contributed by atoms with E-state index in [1.807, 2.05) is 0 Å². The number of nitrogens with one attached hydrogen (secondary N) is 2. The summed E-state index contributed by atoms with van der Waals surface area (Å²) < 4.78 is 0. The smallest absolute Gasteiger partial charge is 0.0421 e. The van der Waals surface area contributed by atoms with Crippen LogP contribution < -0.4 is 10.6 Å². The Morgan fingerprint density at radius 2 is 1.55 bits per heavy atom. The molecule has 0 radical (unpaired) electrons. The van der Waals surface area contributed by atoms with Crippen molar-refractivity contribution in [3.05, 3.63) is 65.2 Å². The van der Waals surface area contributed by atoms with Crippen LogP contribution in [-0.2, 0) is 19.4 Å². The van der Waals surface area contributed by atoms with Gasteiger partial charge in [-0.05, 0) is 42.0 Å². The van der Waals surface area contributed by atoms with E-state index in [0.717, 1.165) is 13.0 Å². The first kappa shape index (κ1) is 12.0. The molecule has 2 unspecified atom stereocenters. The van der Waals surface area contributed by atoms with Gasteiger partial charge in [0, 0.05) is 24.3 Å². The Labute approximate surface area is 120 Å². The van der Waals surface area contributed by atoms with E-state index in [4.69, 9.17) is 0 Å². The SMILES string of the molecule is c1ccc2c(c1)CNC(C1CCc3ccccc3N1)C2. The molecule has 2 nitrogen and oxygen atoms in total. The Morgan fingerprint density at radius 1 is 0.800 bits per heavy atom. The Kier molecular flexibility index (Phi) is 2.96. The number of fused-ring (bicyclic) bond motifs is 2. The van der Waals surface area contributed by atoms with Gasteiger partial charge in [-0.15, -0.1) is 0 Å². The maximum atomic E-state index is 3.73. The standard InChI is InChI=1S/C18H20N2/c1-2-7-15-12-19-18(11-14(15)6-1)17-10-9-13-5-3-4-8-16(13)20-17/h1-8,17-20H,9-12H2. The van der Waals surface area contributed by atoms with E-state index in [1.54, 1.807) is 0 Å². The van der Waals surface area contributed by atoms with Crippen LogP contribution in [0.15, 0.2) is 48.5 Å². The first-order valence-corrected chi connectivity index (χ1v) is 7.55. The first-order chi connectivity index (χ1) is 9.90. The molecule has 0 spiro atoms. The summed E-state index contributed by atoms with van der Waals surface area (Å²) in [6.07, 6.45) is 3.54. The molecule has 2 aliphatic heterocycles. The number of anilines is 1. The summed E-state index contributed by atoms with van der Waals surface area (Å²) in [6.45, 7) is 1.00. The zero-order valence-electron chi connectivity index (χ0n) is 11.6. The molecule has 4 rings (SSSR count). The molecule has 0 saturated carbocycles. The molecule has 2 heteroatoms. The number of rotatable bonds is 1. The predicted octanol–water partition coefficient (Wildman–Crippen LogP) is 3.13. The Hall–Kier alpha value is -1.80. The second kappa shape index (κ2) is 4.95. The van der Waals surface area contributed by atoms with Gasteiger partial charge in [0.1, 0.15) is 0 Å². The van der Waals surface area contributed by atoms with Crippen molar-refractivity contribution in [3.8, 4) is 0 Å². The van der Waals surface area contributed by atoms with Crippen LogP contribution in [0, 0.1) is 0 Å². The minimum absolute atomic E-state index is 0.540. The fourth-order valence-corrected chi connectivity index (χ4v) is 3.53. The third-order valence-electron chi connectivity index (χ3n) is 4.68. The molecule has 2 atom stereocenters. The molecule has 102 valence electrons. The molecule has 2 aromatic rings. The highest BCUT2D eigenvalue weighted by Crippen LogP contribution is 2.28. The lowest BCUT2D eigenvalue weighted by Gasteiger charge is -2.36. The van der Waals surface area contributed by atoms with Crippen LogP contribution in [0.3, 0.4) is 0 Å². The van der Waals surface area contributed by atoms with Crippen LogP contribution in [0.2, 0.25) is 0 Å². The van der Waals surface area contributed by atoms with E-state index >= 15 is 0 Å². The molecule has 2 N–H and O–H groups in total. The van der Waals surface area contributed by atoms with Gasteiger partial charge in [0.15, 0.2) is 0 Å². The molecule has 2 aromatic carbocycles. The van der Waals surface area contributed by atoms with E-state index < -0.39 is 0 Å². The van der Waals surface area contributed by atoms with Gasteiger partial charge in [0.2, 0.25) is 0 Å². The van der Waals surface area contributed by atoms with Crippen LogP contribution in [0.5, 0.6) is 0 Å². The third-order valence-corrected chi connectivity index (χ3v) is 4.68. The highest BCUT2D eigenvalue weighted by molar-refractivity contribution is 5.54. The van der Waals surface area contributed by atoms with Gasteiger partial charge >= 0.3 is 0 Å². The van der Waals surface area contributed by atoms with Crippen molar-refractivity contribution in [3.63, 3.8) is 0 Å². The molecule has 0 bridgehead atoms. The lowest BCUT2D eigenvalue weighted by Crippen LogP contribution is -2.49.